The van der Waals surface area contributed by atoms with Crippen LogP contribution in [-0.2, 0) is 0 Å². The fourth-order valence-electron chi connectivity index (χ4n) is 2.42. The van der Waals surface area contributed by atoms with Gasteiger partial charge >= 0.3 is 0 Å². The molecule has 3 rings (SSSR count). The lowest BCUT2D eigenvalue weighted by Crippen LogP contribution is -2.18. The van der Waals surface area contributed by atoms with E-state index in [1.165, 1.54) is 13.2 Å². The zero-order chi connectivity index (χ0) is 14.8. The molecule has 1 unspecified atom stereocenters. The highest BCUT2D eigenvalue weighted by molar-refractivity contribution is 5.56. The smallest absolute Gasteiger partial charge is 0.132 e. The molecule has 0 spiro atoms. The summed E-state index contributed by atoms with van der Waals surface area (Å²) in [7, 11) is 3.30. The van der Waals surface area contributed by atoms with Crippen molar-refractivity contribution >= 4 is 5.52 Å². The molecule has 0 aliphatic carbocycles. The predicted octanol–water partition coefficient (Wildman–Crippen LogP) is 2.19. The Balaban J connectivity index is 2.10. The summed E-state index contributed by atoms with van der Waals surface area (Å²) in [4.78, 5) is 4.10. The largest absolute Gasteiger partial charge is 0.497 e. The maximum atomic E-state index is 14.3. The Kier molecular flexibility index (Phi) is 3.53. The van der Waals surface area contributed by atoms with E-state index < -0.39 is 0 Å². The number of halogens is 1. The molecule has 2 heterocycles. The molecular formula is C15H15FN4O. The monoisotopic (exact) mass is 286 g/mol. The van der Waals surface area contributed by atoms with Crippen molar-refractivity contribution in [3.8, 4) is 5.75 Å². The molecule has 6 heteroatoms. The Morgan fingerprint density at radius 1 is 1.29 bits per heavy atom. The van der Waals surface area contributed by atoms with E-state index in [-0.39, 0.29) is 11.9 Å². The van der Waals surface area contributed by atoms with Crippen LogP contribution in [-0.4, -0.2) is 28.8 Å². The standard InChI is InChI=1S/C15H15FN4O/c1-17-15(11-4-3-10(21-2)7-13(11)16)12-8-19-20-6-5-18-9-14(12)20/h3-9,15,17H,1-2H3. The van der Waals surface area contributed by atoms with Crippen molar-refractivity contribution in [2.24, 2.45) is 0 Å². The second kappa shape index (κ2) is 5.49. The molecule has 0 aliphatic heterocycles. The summed E-state index contributed by atoms with van der Waals surface area (Å²) in [6.45, 7) is 0. The van der Waals surface area contributed by atoms with Crippen molar-refractivity contribution in [2.45, 2.75) is 6.04 Å². The van der Waals surface area contributed by atoms with E-state index >= 15 is 0 Å². The lowest BCUT2D eigenvalue weighted by atomic mass is 9.99. The average molecular weight is 286 g/mol. The molecule has 0 bridgehead atoms. The van der Waals surface area contributed by atoms with Gasteiger partial charge in [-0.1, -0.05) is 6.07 Å². The van der Waals surface area contributed by atoms with Gasteiger partial charge in [0.1, 0.15) is 11.6 Å². The first kappa shape index (κ1) is 13.5. The minimum absolute atomic E-state index is 0.308. The minimum atomic E-state index is -0.322. The molecule has 2 aromatic heterocycles. The highest BCUT2D eigenvalue weighted by Crippen LogP contribution is 2.28. The summed E-state index contributed by atoms with van der Waals surface area (Å²) in [6.07, 6.45) is 6.86. The van der Waals surface area contributed by atoms with E-state index in [4.69, 9.17) is 4.74 Å². The van der Waals surface area contributed by atoms with Gasteiger partial charge in [-0.05, 0) is 13.1 Å². The summed E-state index contributed by atoms with van der Waals surface area (Å²) in [5.41, 5.74) is 2.25. The van der Waals surface area contributed by atoms with E-state index in [0.29, 0.717) is 11.3 Å². The summed E-state index contributed by atoms with van der Waals surface area (Å²) in [5.74, 6) is 0.171. The summed E-state index contributed by atoms with van der Waals surface area (Å²) in [5, 5.41) is 7.40. The SMILES string of the molecule is CNC(c1ccc(OC)cc1F)c1cnn2ccncc12. The van der Waals surface area contributed by atoms with Gasteiger partial charge in [-0.15, -0.1) is 0 Å². The van der Waals surface area contributed by atoms with Crippen LogP contribution in [0.25, 0.3) is 5.52 Å². The van der Waals surface area contributed by atoms with Crippen LogP contribution >= 0.6 is 0 Å². The molecule has 1 atom stereocenters. The molecule has 5 nitrogen and oxygen atoms in total. The summed E-state index contributed by atoms with van der Waals surface area (Å²) < 4.78 is 21.1. The topological polar surface area (TPSA) is 51.5 Å². The molecule has 0 amide bonds. The second-order valence-corrected chi connectivity index (χ2v) is 4.62. The number of methoxy groups -OCH3 is 1. The van der Waals surface area contributed by atoms with Gasteiger partial charge in [0.25, 0.3) is 0 Å². The van der Waals surface area contributed by atoms with Gasteiger partial charge in [-0.25, -0.2) is 8.91 Å². The lowest BCUT2D eigenvalue weighted by Gasteiger charge is -2.17. The Morgan fingerprint density at radius 2 is 2.14 bits per heavy atom. The number of benzene rings is 1. The number of aromatic nitrogens is 3. The highest BCUT2D eigenvalue weighted by Gasteiger charge is 2.20. The van der Waals surface area contributed by atoms with Crippen LogP contribution in [0.5, 0.6) is 5.75 Å². The summed E-state index contributed by atoms with van der Waals surface area (Å²) in [6, 6.07) is 4.53. The van der Waals surface area contributed by atoms with Gasteiger partial charge in [-0.3, -0.25) is 4.98 Å². The Bertz CT molecular complexity index is 771. The van der Waals surface area contributed by atoms with Gasteiger partial charge in [0.2, 0.25) is 0 Å². The second-order valence-electron chi connectivity index (χ2n) is 4.62. The van der Waals surface area contributed by atoms with Crippen LogP contribution in [0.4, 0.5) is 4.39 Å². The third-order valence-corrected chi connectivity index (χ3v) is 3.47. The fourth-order valence-corrected chi connectivity index (χ4v) is 2.42. The van der Waals surface area contributed by atoms with Crippen molar-refractivity contribution in [1.82, 2.24) is 19.9 Å². The van der Waals surface area contributed by atoms with E-state index in [0.717, 1.165) is 11.1 Å². The van der Waals surface area contributed by atoms with Crippen LogP contribution in [0.3, 0.4) is 0 Å². The predicted molar refractivity (Wildman–Crippen MR) is 76.8 cm³/mol. The molecule has 1 aromatic carbocycles. The quantitative estimate of drug-likeness (QED) is 0.798. The molecule has 108 valence electrons. The van der Waals surface area contributed by atoms with E-state index in [2.05, 4.69) is 15.4 Å². The van der Waals surface area contributed by atoms with E-state index in [9.17, 15) is 4.39 Å². The number of nitrogens with zero attached hydrogens (tertiary/aromatic N) is 3. The number of rotatable bonds is 4. The number of ether oxygens (including phenoxy) is 1. The van der Waals surface area contributed by atoms with Crippen molar-refractivity contribution in [2.75, 3.05) is 14.2 Å². The highest BCUT2D eigenvalue weighted by atomic mass is 19.1. The molecule has 1 N–H and O–H groups in total. The van der Waals surface area contributed by atoms with Crippen LogP contribution in [0.2, 0.25) is 0 Å². The third-order valence-electron chi connectivity index (χ3n) is 3.47. The average Bonchev–Trinajstić information content (AvgIpc) is 2.94. The van der Waals surface area contributed by atoms with Gasteiger partial charge in [-0.2, -0.15) is 5.10 Å². The van der Waals surface area contributed by atoms with Crippen LogP contribution < -0.4 is 10.1 Å². The molecular weight excluding hydrogens is 271 g/mol. The van der Waals surface area contributed by atoms with Gasteiger partial charge in [0, 0.05) is 29.6 Å². The van der Waals surface area contributed by atoms with Gasteiger partial charge < -0.3 is 10.1 Å². The molecule has 0 aliphatic rings. The fraction of sp³-hybridized carbons (Fsp3) is 0.200. The van der Waals surface area contributed by atoms with Crippen molar-refractivity contribution in [3.63, 3.8) is 0 Å². The van der Waals surface area contributed by atoms with Crippen molar-refractivity contribution < 1.29 is 9.13 Å². The first-order valence-corrected chi connectivity index (χ1v) is 6.52. The maximum Gasteiger partial charge on any atom is 0.132 e. The van der Waals surface area contributed by atoms with Crippen LogP contribution in [0.15, 0.2) is 43.0 Å². The van der Waals surface area contributed by atoms with E-state index in [1.807, 2.05) is 0 Å². The third kappa shape index (κ3) is 2.34. The van der Waals surface area contributed by atoms with Gasteiger partial charge in [0.15, 0.2) is 0 Å². The van der Waals surface area contributed by atoms with Crippen molar-refractivity contribution in [3.05, 3.63) is 59.9 Å². The van der Waals surface area contributed by atoms with Crippen LogP contribution in [0.1, 0.15) is 17.2 Å². The lowest BCUT2D eigenvalue weighted by molar-refractivity contribution is 0.410. The Morgan fingerprint density at radius 3 is 2.86 bits per heavy atom. The molecule has 0 fully saturated rings. The number of hydrogen-bond acceptors (Lipinski definition) is 4. The number of nitrogens with one attached hydrogen (secondary N) is 1. The zero-order valence-corrected chi connectivity index (χ0v) is 11.7. The summed E-state index contributed by atoms with van der Waals surface area (Å²) >= 11 is 0. The maximum absolute atomic E-state index is 14.3. The van der Waals surface area contributed by atoms with Gasteiger partial charge in [0.05, 0.1) is 31.1 Å². The minimum Gasteiger partial charge on any atom is -0.497 e. The molecule has 0 saturated carbocycles. The normalized spacial score (nSPS) is 12.5. The molecule has 0 saturated heterocycles. The zero-order valence-electron chi connectivity index (χ0n) is 11.7. The Labute approximate surface area is 121 Å². The molecule has 3 aromatic rings. The first-order chi connectivity index (χ1) is 10.2. The number of fused-ring (bicyclic) bond motifs is 1. The van der Waals surface area contributed by atoms with Crippen molar-refractivity contribution in [1.29, 1.82) is 0 Å². The first-order valence-electron chi connectivity index (χ1n) is 6.52. The molecule has 21 heavy (non-hydrogen) atoms. The number of hydrogen-bond donors (Lipinski definition) is 1. The Hall–Kier alpha value is -2.47. The molecule has 0 radical (unpaired) electrons. The van der Waals surface area contributed by atoms with Crippen LogP contribution in [0, 0.1) is 5.82 Å². The van der Waals surface area contributed by atoms with E-state index in [1.54, 1.807) is 48.5 Å².